The zero-order valence-electron chi connectivity index (χ0n) is 8.07. The van der Waals surface area contributed by atoms with Crippen molar-refractivity contribution in [2.24, 2.45) is 0 Å². The third-order valence-electron chi connectivity index (χ3n) is 1.38. The van der Waals surface area contributed by atoms with E-state index in [1.54, 1.807) is 4.68 Å². The van der Waals surface area contributed by atoms with Crippen LogP contribution in [0.25, 0.3) is 0 Å². The molecule has 0 aliphatic carbocycles. The van der Waals surface area contributed by atoms with Crippen molar-refractivity contribution >= 4 is 12.2 Å². The van der Waals surface area contributed by atoms with Crippen molar-refractivity contribution < 1.29 is 4.74 Å². The second-order valence-electron chi connectivity index (χ2n) is 3.70. The highest BCUT2D eigenvalue weighted by atomic mass is 32.1. The molecule has 0 radical (unpaired) electrons. The van der Waals surface area contributed by atoms with Gasteiger partial charge in [0.2, 0.25) is 4.77 Å². The predicted molar refractivity (Wildman–Crippen MR) is 50.9 cm³/mol. The van der Waals surface area contributed by atoms with Crippen LogP contribution < -0.4 is 0 Å². The molecule has 13 heavy (non-hydrogen) atoms. The Hall–Kier alpha value is -0.750. The summed E-state index contributed by atoms with van der Waals surface area (Å²) in [5.41, 5.74) is -0.115. The first-order valence-electron chi connectivity index (χ1n) is 4.11. The van der Waals surface area contributed by atoms with Crippen LogP contribution in [-0.2, 0) is 11.3 Å². The highest BCUT2D eigenvalue weighted by Crippen LogP contribution is 2.05. The third kappa shape index (κ3) is 3.65. The minimum Gasteiger partial charge on any atom is -0.374 e. The van der Waals surface area contributed by atoms with Crippen molar-refractivity contribution in [3.8, 4) is 0 Å². The van der Waals surface area contributed by atoms with Crippen LogP contribution in [0, 0.1) is 4.77 Å². The van der Waals surface area contributed by atoms with Crippen molar-refractivity contribution in [1.82, 2.24) is 20.2 Å². The Bertz CT molecular complexity index is 311. The van der Waals surface area contributed by atoms with Crippen LogP contribution in [0.3, 0.4) is 0 Å². The van der Waals surface area contributed by atoms with E-state index < -0.39 is 0 Å². The van der Waals surface area contributed by atoms with E-state index in [-0.39, 0.29) is 5.60 Å². The Morgan fingerprint density at radius 2 is 2.23 bits per heavy atom. The molecule has 0 bridgehead atoms. The van der Waals surface area contributed by atoms with Gasteiger partial charge in [0.15, 0.2) is 0 Å². The normalized spacial score (nSPS) is 11.9. The maximum atomic E-state index is 5.51. The Labute approximate surface area is 82.1 Å². The molecular weight excluding hydrogens is 188 g/mol. The van der Waals surface area contributed by atoms with E-state index in [9.17, 15) is 0 Å². The molecule has 0 amide bonds. The summed E-state index contributed by atoms with van der Waals surface area (Å²) in [5, 5.41) is 9.88. The van der Waals surface area contributed by atoms with Crippen LogP contribution in [0.2, 0.25) is 0 Å². The number of ether oxygens (including phenoxy) is 1. The van der Waals surface area contributed by atoms with Crippen LogP contribution in [0.4, 0.5) is 0 Å². The number of H-pyrrole nitrogens is 1. The van der Waals surface area contributed by atoms with Crippen molar-refractivity contribution in [2.75, 3.05) is 6.61 Å². The number of nitrogens with zero attached hydrogens (tertiary/aromatic N) is 3. The first kappa shape index (κ1) is 10.3. The van der Waals surface area contributed by atoms with Gasteiger partial charge in [-0.05, 0) is 33.0 Å². The molecule has 6 heteroatoms. The molecule has 0 aliphatic heterocycles. The smallest absolute Gasteiger partial charge is 0.238 e. The topological polar surface area (TPSA) is 55.7 Å². The average molecular weight is 202 g/mol. The van der Waals surface area contributed by atoms with Gasteiger partial charge in [-0.25, -0.2) is 4.68 Å². The van der Waals surface area contributed by atoms with E-state index in [1.807, 2.05) is 20.8 Å². The van der Waals surface area contributed by atoms with Gasteiger partial charge in [0.25, 0.3) is 0 Å². The van der Waals surface area contributed by atoms with Gasteiger partial charge in [0, 0.05) is 0 Å². The molecule has 5 nitrogen and oxygen atoms in total. The van der Waals surface area contributed by atoms with Gasteiger partial charge in [0.1, 0.15) is 0 Å². The lowest BCUT2D eigenvalue weighted by Crippen LogP contribution is -2.22. The predicted octanol–water partition coefficient (Wildman–Crippen LogP) is 1.15. The number of hydrogen-bond acceptors (Lipinski definition) is 4. The van der Waals surface area contributed by atoms with Gasteiger partial charge < -0.3 is 4.74 Å². The molecular formula is C7H14N4OS. The van der Waals surface area contributed by atoms with Gasteiger partial charge in [-0.2, -0.15) is 5.21 Å². The van der Waals surface area contributed by atoms with Crippen LogP contribution in [0.15, 0.2) is 0 Å². The van der Waals surface area contributed by atoms with E-state index in [0.717, 1.165) is 0 Å². The molecule has 74 valence electrons. The summed E-state index contributed by atoms with van der Waals surface area (Å²) in [6.07, 6.45) is 0. The summed E-state index contributed by atoms with van der Waals surface area (Å²) in [7, 11) is 0. The molecule has 0 saturated heterocycles. The largest absolute Gasteiger partial charge is 0.374 e. The molecule has 0 aromatic carbocycles. The maximum absolute atomic E-state index is 5.51. The molecule has 0 spiro atoms. The zero-order valence-corrected chi connectivity index (χ0v) is 8.89. The number of tetrazole rings is 1. The van der Waals surface area contributed by atoms with Crippen molar-refractivity contribution in [1.29, 1.82) is 0 Å². The molecule has 1 aromatic rings. The van der Waals surface area contributed by atoms with Crippen LogP contribution >= 0.6 is 12.2 Å². The van der Waals surface area contributed by atoms with Crippen LogP contribution in [0.1, 0.15) is 20.8 Å². The molecule has 0 saturated carbocycles. The summed E-state index contributed by atoms with van der Waals surface area (Å²) >= 11 is 4.89. The molecule has 1 heterocycles. The van der Waals surface area contributed by atoms with Gasteiger partial charge >= 0.3 is 0 Å². The molecule has 1 aromatic heterocycles. The second-order valence-corrected chi connectivity index (χ2v) is 4.06. The number of aromatic nitrogens is 4. The fraction of sp³-hybridized carbons (Fsp3) is 0.857. The SMILES string of the molecule is CC(C)(C)OCCn1[nH]nnc1=S. The monoisotopic (exact) mass is 202 g/mol. The number of rotatable bonds is 3. The summed E-state index contributed by atoms with van der Waals surface area (Å²) in [6.45, 7) is 7.29. The fourth-order valence-electron chi connectivity index (χ4n) is 0.805. The number of hydrogen-bond donors (Lipinski definition) is 1. The Balaban J connectivity index is 2.37. The third-order valence-corrected chi connectivity index (χ3v) is 1.68. The van der Waals surface area contributed by atoms with Gasteiger partial charge in [-0.15, -0.1) is 0 Å². The second kappa shape index (κ2) is 3.97. The van der Waals surface area contributed by atoms with E-state index in [2.05, 4.69) is 15.5 Å². The fourth-order valence-corrected chi connectivity index (χ4v) is 0.978. The highest BCUT2D eigenvalue weighted by molar-refractivity contribution is 7.71. The average Bonchev–Trinajstić information content (AvgIpc) is 2.34. The molecule has 0 atom stereocenters. The summed E-state index contributed by atoms with van der Waals surface area (Å²) in [5.74, 6) is 0. The van der Waals surface area contributed by atoms with E-state index in [0.29, 0.717) is 17.9 Å². The standard InChI is InChI=1S/C7H14N4OS/c1-7(2,3)12-5-4-11-6(13)8-9-10-11/h4-5H2,1-3H3,(H,8,10,13). The van der Waals surface area contributed by atoms with Crippen LogP contribution in [-0.4, -0.2) is 32.4 Å². The van der Waals surface area contributed by atoms with E-state index >= 15 is 0 Å². The lowest BCUT2D eigenvalue weighted by molar-refractivity contribution is -0.00819. The zero-order chi connectivity index (χ0) is 9.90. The van der Waals surface area contributed by atoms with Crippen molar-refractivity contribution in [3.63, 3.8) is 0 Å². The van der Waals surface area contributed by atoms with Gasteiger partial charge in [0.05, 0.1) is 18.8 Å². The Kier molecular flexibility index (Phi) is 3.16. The van der Waals surface area contributed by atoms with Gasteiger partial charge in [-0.1, -0.05) is 10.3 Å². The molecule has 0 aliphatic rings. The lowest BCUT2D eigenvalue weighted by atomic mass is 10.2. The highest BCUT2D eigenvalue weighted by Gasteiger charge is 2.09. The number of aromatic amines is 1. The lowest BCUT2D eigenvalue weighted by Gasteiger charge is -2.19. The minimum absolute atomic E-state index is 0.115. The summed E-state index contributed by atoms with van der Waals surface area (Å²) in [6, 6.07) is 0. The first-order chi connectivity index (χ1) is 5.99. The summed E-state index contributed by atoms with van der Waals surface area (Å²) < 4.78 is 7.64. The quantitative estimate of drug-likeness (QED) is 0.747. The van der Waals surface area contributed by atoms with Gasteiger partial charge in [-0.3, -0.25) is 0 Å². The number of nitrogens with one attached hydrogen (secondary N) is 1. The van der Waals surface area contributed by atoms with Crippen molar-refractivity contribution in [3.05, 3.63) is 4.77 Å². The minimum atomic E-state index is -0.115. The Morgan fingerprint density at radius 1 is 1.54 bits per heavy atom. The van der Waals surface area contributed by atoms with Crippen molar-refractivity contribution in [2.45, 2.75) is 32.9 Å². The molecule has 1 N–H and O–H groups in total. The molecule has 0 unspecified atom stereocenters. The molecule has 0 fully saturated rings. The summed E-state index contributed by atoms with van der Waals surface area (Å²) in [4.78, 5) is 0. The molecule has 1 rings (SSSR count). The maximum Gasteiger partial charge on any atom is 0.238 e. The Morgan fingerprint density at radius 3 is 2.69 bits per heavy atom. The first-order valence-corrected chi connectivity index (χ1v) is 4.52. The van der Waals surface area contributed by atoms with E-state index in [4.69, 9.17) is 17.0 Å². The van der Waals surface area contributed by atoms with E-state index in [1.165, 1.54) is 0 Å². The van der Waals surface area contributed by atoms with Crippen LogP contribution in [0.5, 0.6) is 0 Å².